The van der Waals surface area contributed by atoms with Gasteiger partial charge in [-0.05, 0) is 62.3 Å². The minimum atomic E-state index is -0.568. The summed E-state index contributed by atoms with van der Waals surface area (Å²) < 4.78 is 5.20. The summed E-state index contributed by atoms with van der Waals surface area (Å²) in [7, 11) is 1.59. The Morgan fingerprint density at radius 1 is 1.15 bits per heavy atom. The predicted molar refractivity (Wildman–Crippen MR) is 127 cm³/mol. The van der Waals surface area contributed by atoms with Crippen molar-refractivity contribution in [3.05, 3.63) is 29.8 Å². The summed E-state index contributed by atoms with van der Waals surface area (Å²) in [6, 6.07) is 6.55. The number of carbonyl (C=O) groups excluding carboxylic acids is 3. The van der Waals surface area contributed by atoms with Crippen molar-refractivity contribution in [1.29, 1.82) is 0 Å². The number of hydrogen-bond acceptors (Lipinski definition) is 5. The molecule has 33 heavy (non-hydrogen) atoms. The third-order valence-electron chi connectivity index (χ3n) is 6.70. The van der Waals surface area contributed by atoms with E-state index in [1.807, 2.05) is 4.90 Å². The van der Waals surface area contributed by atoms with Gasteiger partial charge in [0.25, 0.3) is 5.91 Å². The minimum Gasteiger partial charge on any atom is -0.497 e. The number of amides is 3. The number of hydrogen-bond donors (Lipinski definition) is 2. The minimum absolute atomic E-state index is 0.0952. The van der Waals surface area contributed by atoms with Gasteiger partial charge < -0.3 is 25.6 Å². The molecule has 3 amide bonds. The SMILES string of the molecule is COc1ccc(C(=O)N(CC(C)C)C2CC(C(=O)NC3CCC(N)CC3)N(C(C)=O)C2)cc1. The molecule has 2 aliphatic rings. The molecule has 0 spiro atoms. The zero-order valence-corrected chi connectivity index (χ0v) is 20.3. The number of carbonyl (C=O) groups is 3. The third-order valence-corrected chi connectivity index (χ3v) is 6.70. The van der Waals surface area contributed by atoms with Gasteiger partial charge in [0, 0.05) is 37.7 Å². The van der Waals surface area contributed by atoms with Crippen molar-refractivity contribution in [3.8, 4) is 5.75 Å². The lowest BCUT2D eigenvalue weighted by Crippen LogP contribution is -2.49. The van der Waals surface area contributed by atoms with Gasteiger partial charge in [-0.1, -0.05) is 13.8 Å². The van der Waals surface area contributed by atoms with Crippen LogP contribution in [0, 0.1) is 5.92 Å². The van der Waals surface area contributed by atoms with E-state index in [9.17, 15) is 14.4 Å². The molecular formula is C25H38N4O4. The molecule has 8 nitrogen and oxygen atoms in total. The van der Waals surface area contributed by atoms with Crippen LogP contribution in [0.3, 0.4) is 0 Å². The van der Waals surface area contributed by atoms with Crippen LogP contribution < -0.4 is 15.8 Å². The molecule has 2 unspecified atom stereocenters. The highest BCUT2D eigenvalue weighted by molar-refractivity contribution is 5.95. The van der Waals surface area contributed by atoms with E-state index in [1.54, 1.807) is 36.3 Å². The zero-order valence-electron chi connectivity index (χ0n) is 20.3. The highest BCUT2D eigenvalue weighted by Gasteiger charge is 2.42. The first kappa shape index (κ1) is 25.0. The van der Waals surface area contributed by atoms with E-state index in [2.05, 4.69) is 19.2 Å². The number of nitrogens with two attached hydrogens (primary N) is 1. The Hall–Kier alpha value is -2.61. The van der Waals surface area contributed by atoms with Crippen molar-refractivity contribution in [3.63, 3.8) is 0 Å². The molecular weight excluding hydrogens is 420 g/mol. The number of nitrogens with one attached hydrogen (secondary N) is 1. The molecule has 3 N–H and O–H groups in total. The Kier molecular flexibility index (Phi) is 8.35. The molecule has 1 aliphatic carbocycles. The van der Waals surface area contributed by atoms with Gasteiger partial charge >= 0.3 is 0 Å². The summed E-state index contributed by atoms with van der Waals surface area (Å²) in [5.74, 6) is 0.560. The molecule has 3 rings (SSSR count). The highest BCUT2D eigenvalue weighted by Crippen LogP contribution is 2.27. The molecule has 2 atom stereocenters. The fourth-order valence-corrected chi connectivity index (χ4v) is 4.89. The van der Waals surface area contributed by atoms with Crippen LogP contribution in [0.25, 0.3) is 0 Å². The number of likely N-dealkylation sites (tertiary alicyclic amines) is 1. The van der Waals surface area contributed by atoms with Crippen molar-refractivity contribution in [2.45, 2.75) is 77.0 Å². The van der Waals surface area contributed by atoms with Gasteiger partial charge in [-0.2, -0.15) is 0 Å². The maximum Gasteiger partial charge on any atom is 0.254 e. The second-order valence-electron chi connectivity index (χ2n) is 9.78. The molecule has 182 valence electrons. The largest absolute Gasteiger partial charge is 0.497 e. The maximum atomic E-state index is 13.4. The maximum absolute atomic E-state index is 13.4. The van der Waals surface area contributed by atoms with Gasteiger partial charge in [-0.25, -0.2) is 0 Å². The standard InChI is InChI=1S/C25H38N4O4/c1-16(2)14-29(25(32)18-5-11-22(33-4)12-6-18)21-13-23(28(15-21)17(3)30)24(31)27-20-9-7-19(26)8-10-20/h5-6,11-12,16,19-21,23H,7-10,13-15,26H2,1-4H3,(H,27,31). The second kappa shape index (κ2) is 11.0. The molecule has 0 bridgehead atoms. The van der Waals surface area contributed by atoms with Crippen LogP contribution in [-0.4, -0.2) is 71.9 Å². The molecule has 1 aliphatic heterocycles. The number of rotatable bonds is 7. The predicted octanol–water partition coefficient (Wildman–Crippen LogP) is 2.17. The molecule has 1 aromatic carbocycles. The Morgan fingerprint density at radius 3 is 2.33 bits per heavy atom. The van der Waals surface area contributed by atoms with E-state index in [0.29, 0.717) is 30.8 Å². The lowest BCUT2D eigenvalue weighted by atomic mass is 9.91. The molecule has 1 heterocycles. The fourth-order valence-electron chi connectivity index (χ4n) is 4.89. The van der Waals surface area contributed by atoms with Crippen LogP contribution >= 0.6 is 0 Å². The number of nitrogens with zero attached hydrogens (tertiary/aromatic N) is 2. The highest BCUT2D eigenvalue weighted by atomic mass is 16.5. The molecule has 1 saturated heterocycles. The van der Waals surface area contributed by atoms with Crippen LogP contribution in [0.15, 0.2) is 24.3 Å². The van der Waals surface area contributed by atoms with E-state index < -0.39 is 6.04 Å². The summed E-state index contributed by atoms with van der Waals surface area (Å²) in [6.45, 7) is 6.52. The third kappa shape index (κ3) is 6.25. The van der Waals surface area contributed by atoms with Crippen LogP contribution in [-0.2, 0) is 9.59 Å². The van der Waals surface area contributed by atoms with Gasteiger partial charge in [-0.3, -0.25) is 14.4 Å². The van der Waals surface area contributed by atoms with Gasteiger partial charge in [0.1, 0.15) is 11.8 Å². The Morgan fingerprint density at radius 2 is 1.79 bits per heavy atom. The lowest BCUT2D eigenvalue weighted by molar-refractivity contribution is -0.137. The Bertz CT molecular complexity index is 833. The summed E-state index contributed by atoms with van der Waals surface area (Å²) in [5.41, 5.74) is 6.55. The van der Waals surface area contributed by atoms with E-state index in [4.69, 9.17) is 10.5 Å². The van der Waals surface area contributed by atoms with Gasteiger partial charge in [0.2, 0.25) is 11.8 Å². The average Bonchev–Trinajstić information content (AvgIpc) is 3.24. The first-order valence-electron chi connectivity index (χ1n) is 12.0. The summed E-state index contributed by atoms with van der Waals surface area (Å²) in [6.07, 6.45) is 3.95. The van der Waals surface area contributed by atoms with Crippen molar-refractivity contribution in [2.75, 3.05) is 20.2 Å². The molecule has 0 aromatic heterocycles. The van der Waals surface area contributed by atoms with Gasteiger partial charge in [0.15, 0.2) is 0 Å². The summed E-state index contributed by atoms with van der Waals surface area (Å²) in [5, 5.41) is 3.13. The Labute approximate surface area is 196 Å². The first-order valence-corrected chi connectivity index (χ1v) is 12.0. The topological polar surface area (TPSA) is 105 Å². The van der Waals surface area contributed by atoms with E-state index in [-0.39, 0.29) is 41.8 Å². The molecule has 2 fully saturated rings. The quantitative estimate of drug-likeness (QED) is 0.652. The van der Waals surface area contributed by atoms with Crippen LogP contribution in [0.1, 0.15) is 63.2 Å². The van der Waals surface area contributed by atoms with Crippen molar-refractivity contribution in [2.24, 2.45) is 11.7 Å². The zero-order chi connectivity index (χ0) is 24.1. The monoisotopic (exact) mass is 458 g/mol. The van der Waals surface area contributed by atoms with Crippen molar-refractivity contribution in [1.82, 2.24) is 15.1 Å². The molecule has 8 heteroatoms. The Balaban J connectivity index is 1.76. The number of methoxy groups -OCH3 is 1. The molecule has 1 saturated carbocycles. The molecule has 1 aromatic rings. The van der Waals surface area contributed by atoms with Gasteiger partial charge in [-0.15, -0.1) is 0 Å². The van der Waals surface area contributed by atoms with Crippen molar-refractivity contribution < 1.29 is 19.1 Å². The van der Waals surface area contributed by atoms with Crippen molar-refractivity contribution >= 4 is 17.7 Å². The van der Waals surface area contributed by atoms with E-state index >= 15 is 0 Å². The van der Waals surface area contributed by atoms with Crippen LogP contribution in [0.2, 0.25) is 0 Å². The average molecular weight is 459 g/mol. The smallest absolute Gasteiger partial charge is 0.254 e. The van der Waals surface area contributed by atoms with Crippen LogP contribution in [0.4, 0.5) is 0 Å². The van der Waals surface area contributed by atoms with E-state index in [1.165, 1.54) is 6.92 Å². The number of ether oxygens (including phenoxy) is 1. The fraction of sp³-hybridized carbons (Fsp3) is 0.640. The van der Waals surface area contributed by atoms with E-state index in [0.717, 1.165) is 25.7 Å². The lowest BCUT2D eigenvalue weighted by Gasteiger charge is -2.30. The molecule has 0 radical (unpaired) electrons. The number of benzene rings is 1. The first-order chi connectivity index (χ1) is 15.7. The summed E-state index contributed by atoms with van der Waals surface area (Å²) >= 11 is 0. The normalized spacial score (nSPS) is 25.1. The van der Waals surface area contributed by atoms with Gasteiger partial charge in [0.05, 0.1) is 13.2 Å². The summed E-state index contributed by atoms with van der Waals surface area (Å²) in [4.78, 5) is 42.4. The second-order valence-corrected chi connectivity index (χ2v) is 9.78. The van der Waals surface area contributed by atoms with Crippen LogP contribution in [0.5, 0.6) is 5.75 Å².